The molecule has 0 spiro atoms. The molecule has 2 saturated carbocycles. The number of fused-ring (bicyclic) bond motifs is 3. The van der Waals surface area contributed by atoms with E-state index in [1.807, 2.05) is 0 Å². The summed E-state index contributed by atoms with van der Waals surface area (Å²) in [6, 6.07) is 0.413. The van der Waals surface area contributed by atoms with Crippen molar-refractivity contribution in [2.24, 2.45) is 28.6 Å². The van der Waals surface area contributed by atoms with Gasteiger partial charge in [-0.15, -0.1) is 0 Å². The Balaban J connectivity index is 1.57. The van der Waals surface area contributed by atoms with Crippen molar-refractivity contribution >= 4 is 5.91 Å². The van der Waals surface area contributed by atoms with Crippen molar-refractivity contribution in [1.29, 1.82) is 0 Å². The third kappa shape index (κ3) is 3.86. The minimum absolute atomic E-state index is 0.205. The largest absolute Gasteiger partial charge is 0.353 e. The van der Waals surface area contributed by atoms with Gasteiger partial charge in [0.15, 0.2) is 0 Å². The molecule has 4 rings (SSSR count). The maximum absolute atomic E-state index is 13.7. The van der Waals surface area contributed by atoms with Crippen LogP contribution in [0.5, 0.6) is 0 Å². The van der Waals surface area contributed by atoms with E-state index in [4.69, 9.17) is 0 Å². The number of rotatable bonds is 3. The lowest BCUT2D eigenvalue weighted by molar-refractivity contribution is -0.145. The highest BCUT2D eigenvalue weighted by Gasteiger charge is 2.57. The van der Waals surface area contributed by atoms with Crippen molar-refractivity contribution in [3.05, 3.63) is 23.3 Å². The van der Waals surface area contributed by atoms with Gasteiger partial charge in [0, 0.05) is 6.04 Å². The summed E-state index contributed by atoms with van der Waals surface area (Å²) in [6.07, 6.45) is 19.8. The second-order valence-electron chi connectivity index (χ2n) is 11.4. The van der Waals surface area contributed by atoms with Crippen molar-refractivity contribution in [2.75, 3.05) is 0 Å². The van der Waals surface area contributed by atoms with Gasteiger partial charge >= 0.3 is 0 Å². The molecular formula is C27H43NO. The first-order valence-corrected chi connectivity index (χ1v) is 12.6. The summed E-state index contributed by atoms with van der Waals surface area (Å²) in [4.78, 5) is 13.7. The maximum Gasteiger partial charge on any atom is 0.226 e. The van der Waals surface area contributed by atoms with Gasteiger partial charge in [-0.25, -0.2) is 0 Å². The summed E-state index contributed by atoms with van der Waals surface area (Å²) in [5.74, 6) is 2.15. The molecule has 2 heteroatoms. The smallest absolute Gasteiger partial charge is 0.226 e. The SMILES string of the molecule is CC(C)C1=CC2=CC[C@@H]3[C@](C)(CCC[C@@]3(C)C(=O)NC3CCCCCC3)[C@H]2CC1. The number of carbonyl (C=O) groups is 1. The molecule has 4 atom stereocenters. The summed E-state index contributed by atoms with van der Waals surface area (Å²) in [6.45, 7) is 9.49. The molecule has 162 valence electrons. The van der Waals surface area contributed by atoms with Gasteiger partial charge < -0.3 is 5.32 Å². The van der Waals surface area contributed by atoms with E-state index in [-0.39, 0.29) is 10.8 Å². The molecule has 1 amide bonds. The predicted molar refractivity (Wildman–Crippen MR) is 122 cm³/mol. The lowest BCUT2D eigenvalue weighted by Crippen LogP contribution is -2.56. The first-order chi connectivity index (χ1) is 13.8. The number of nitrogens with one attached hydrogen (secondary N) is 1. The van der Waals surface area contributed by atoms with Crippen LogP contribution in [0.3, 0.4) is 0 Å². The van der Waals surface area contributed by atoms with Crippen LogP contribution in [-0.2, 0) is 4.79 Å². The molecule has 4 aliphatic carbocycles. The summed E-state index contributed by atoms with van der Waals surface area (Å²) in [7, 11) is 0. The van der Waals surface area contributed by atoms with E-state index in [0.29, 0.717) is 29.7 Å². The molecule has 29 heavy (non-hydrogen) atoms. The van der Waals surface area contributed by atoms with Crippen LogP contribution < -0.4 is 5.32 Å². The summed E-state index contributed by atoms with van der Waals surface area (Å²) in [5, 5.41) is 3.54. The lowest BCUT2D eigenvalue weighted by atomic mass is 9.46. The molecule has 0 radical (unpaired) electrons. The van der Waals surface area contributed by atoms with Crippen molar-refractivity contribution in [1.82, 2.24) is 5.32 Å². The Labute approximate surface area is 179 Å². The van der Waals surface area contributed by atoms with Crippen molar-refractivity contribution < 1.29 is 4.79 Å². The van der Waals surface area contributed by atoms with Gasteiger partial charge in [0.2, 0.25) is 5.91 Å². The van der Waals surface area contributed by atoms with Crippen LogP contribution in [0.15, 0.2) is 23.3 Å². The van der Waals surface area contributed by atoms with Crippen LogP contribution in [0.4, 0.5) is 0 Å². The highest BCUT2D eigenvalue weighted by atomic mass is 16.2. The molecule has 0 aromatic carbocycles. The van der Waals surface area contributed by atoms with Crippen molar-refractivity contribution in [2.45, 2.75) is 111 Å². The monoisotopic (exact) mass is 397 g/mol. The highest BCUT2D eigenvalue weighted by molar-refractivity contribution is 5.83. The van der Waals surface area contributed by atoms with E-state index in [0.717, 1.165) is 12.8 Å². The molecule has 0 heterocycles. The van der Waals surface area contributed by atoms with Crippen LogP contribution >= 0.6 is 0 Å². The first-order valence-electron chi connectivity index (χ1n) is 12.6. The Morgan fingerprint density at radius 1 is 1.03 bits per heavy atom. The van der Waals surface area contributed by atoms with Gasteiger partial charge in [-0.3, -0.25) is 4.79 Å². The molecule has 2 nitrogen and oxygen atoms in total. The number of hydrogen-bond acceptors (Lipinski definition) is 1. The number of carbonyl (C=O) groups excluding carboxylic acids is 1. The maximum atomic E-state index is 13.7. The Bertz CT molecular complexity index is 681. The van der Waals surface area contributed by atoms with E-state index >= 15 is 0 Å². The average Bonchev–Trinajstić information content (AvgIpc) is 2.96. The van der Waals surface area contributed by atoms with Gasteiger partial charge in [-0.05, 0) is 73.7 Å². The minimum Gasteiger partial charge on any atom is -0.353 e. The summed E-state index contributed by atoms with van der Waals surface area (Å²) in [5.41, 5.74) is 3.28. The topological polar surface area (TPSA) is 29.1 Å². The number of allylic oxidation sites excluding steroid dienone is 4. The molecular weight excluding hydrogens is 354 g/mol. The first kappa shape index (κ1) is 21.2. The second-order valence-corrected chi connectivity index (χ2v) is 11.4. The van der Waals surface area contributed by atoms with E-state index < -0.39 is 0 Å². The van der Waals surface area contributed by atoms with Gasteiger partial charge in [-0.2, -0.15) is 0 Å². The predicted octanol–water partition coefficient (Wildman–Crippen LogP) is 6.96. The summed E-state index contributed by atoms with van der Waals surface area (Å²) < 4.78 is 0. The molecule has 1 N–H and O–H groups in total. The minimum atomic E-state index is -0.205. The fourth-order valence-electron chi connectivity index (χ4n) is 7.39. The second kappa shape index (κ2) is 8.23. The van der Waals surface area contributed by atoms with Crippen molar-refractivity contribution in [3.8, 4) is 0 Å². The zero-order valence-electron chi connectivity index (χ0n) is 19.4. The van der Waals surface area contributed by atoms with Crippen molar-refractivity contribution in [3.63, 3.8) is 0 Å². The quantitative estimate of drug-likeness (QED) is 0.512. The van der Waals surface area contributed by atoms with E-state index in [9.17, 15) is 4.79 Å². The van der Waals surface area contributed by atoms with Crippen LogP contribution in [0.2, 0.25) is 0 Å². The summed E-state index contributed by atoms with van der Waals surface area (Å²) >= 11 is 0. The van der Waals surface area contributed by atoms with E-state index in [1.54, 1.807) is 11.1 Å². The standard InChI is InChI=1S/C27H43NO/c1-19(2)20-12-14-23-21(18-20)13-15-24-26(23,3)16-9-17-27(24,4)25(29)28-22-10-7-5-6-8-11-22/h13,18-19,22-24H,5-12,14-17H2,1-4H3,(H,28,29)/t23-,24+,26+,27+/m0/s1. The zero-order valence-corrected chi connectivity index (χ0v) is 19.4. The number of amides is 1. The third-order valence-electron chi connectivity index (χ3n) is 9.29. The third-order valence-corrected chi connectivity index (χ3v) is 9.29. The Kier molecular flexibility index (Phi) is 6.02. The van der Waals surface area contributed by atoms with E-state index in [2.05, 4.69) is 45.2 Å². The molecule has 2 fully saturated rings. The fraction of sp³-hybridized carbons (Fsp3) is 0.815. The van der Waals surface area contributed by atoms with Gasteiger partial charge in [0.1, 0.15) is 0 Å². The van der Waals surface area contributed by atoms with Gasteiger partial charge in [-0.1, -0.05) is 77.5 Å². The van der Waals surface area contributed by atoms with E-state index in [1.165, 1.54) is 64.2 Å². The van der Waals surface area contributed by atoms with Crippen LogP contribution in [0, 0.1) is 28.6 Å². The zero-order chi connectivity index (χ0) is 20.6. The Hall–Kier alpha value is -1.05. The molecule has 0 aromatic rings. The molecule has 0 bridgehead atoms. The fourth-order valence-corrected chi connectivity index (χ4v) is 7.39. The lowest BCUT2D eigenvalue weighted by Gasteiger charge is -2.57. The normalized spacial score (nSPS) is 38.4. The average molecular weight is 398 g/mol. The number of hydrogen-bond donors (Lipinski definition) is 1. The molecule has 0 unspecified atom stereocenters. The molecule has 0 aliphatic heterocycles. The van der Waals surface area contributed by atoms with Gasteiger partial charge in [0.05, 0.1) is 5.41 Å². The van der Waals surface area contributed by atoms with Crippen LogP contribution in [-0.4, -0.2) is 11.9 Å². The molecule has 0 aromatic heterocycles. The Morgan fingerprint density at radius 2 is 1.76 bits per heavy atom. The molecule has 4 aliphatic rings. The van der Waals surface area contributed by atoms with Gasteiger partial charge in [0.25, 0.3) is 0 Å². The Morgan fingerprint density at radius 3 is 2.45 bits per heavy atom. The molecule has 0 saturated heterocycles. The van der Waals surface area contributed by atoms with Crippen LogP contribution in [0.25, 0.3) is 0 Å². The van der Waals surface area contributed by atoms with Crippen LogP contribution in [0.1, 0.15) is 105 Å². The highest BCUT2D eigenvalue weighted by Crippen LogP contribution is 2.62.